The molecule has 0 heterocycles. The lowest BCUT2D eigenvalue weighted by Gasteiger charge is -2.28. The number of halogens is 2. The van der Waals surface area contributed by atoms with Crippen LogP contribution in [0, 0.1) is 17.6 Å². The summed E-state index contributed by atoms with van der Waals surface area (Å²) >= 11 is 0. The Morgan fingerprint density at radius 3 is 1.61 bits per heavy atom. The van der Waals surface area contributed by atoms with E-state index in [1.54, 1.807) is 24.3 Å². The summed E-state index contributed by atoms with van der Waals surface area (Å²) in [5.74, 6) is 0.237. The SMILES string of the molecule is CCCCCC(=O)OC1CCC(OCCCCOc2ccc(-c3ccc(OCCCCCCOC4CCC(C)CC4)c(F)c3)cc2F)CC1. The van der Waals surface area contributed by atoms with Crippen molar-refractivity contribution < 1.29 is 37.3 Å². The quantitative estimate of drug-likeness (QED) is 0.0907. The van der Waals surface area contributed by atoms with Crippen LogP contribution in [-0.2, 0) is 19.0 Å². The number of rotatable bonds is 22. The van der Waals surface area contributed by atoms with Crippen LogP contribution in [0.15, 0.2) is 36.4 Å². The predicted molar refractivity (Wildman–Crippen MR) is 190 cm³/mol. The molecule has 0 radical (unpaired) electrons. The minimum atomic E-state index is -0.476. The molecule has 0 amide bonds. The molecule has 8 heteroatoms. The standard InChI is InChI=1S/C41H60F2O6/c1-3-4-7-12-41(44)49-36-21-19-35(20-22-36)46-26-10-11-28-48-40-24-16-33(30-38(40)43)32-15-23-39(37(42)29-32)47-27-9-6-5-8-25-45-34-17-13-31(2)14-18-34/h15-16,23-24,29-31,34-36H,3-14,17-22,25-28H2,1-2H3. The van der Waals surface area contributed by atoms with E-state index >= 15 is 0 Å². The van der Waals surface area contributed by atoms with E-state index in [9.17, 15) is 13.6 Å². The van der Waals surface area contributed by atoms with E-state index in [0.29, 0.717) is 43.5 Å². The third-order valence-corrected chi connectivity index (χ3v) is 9.86. The molecule has 274 valence electrons. The molecule has 0 spiro atoms. The zero-order valence-electron chi connectivity index (χ0n) is 30.0. The van der Waals surface area contributed by atoms with Gasteiger partial charge in [-0.05, 0) is 131 Å². The molecular formula is C41H60F2O6. The number of benzene rings is 2. The Morgan fingerprint density at radius 2 is 1.08 bits per heavy atom. The highest BCUT2D eigenvalue weighted by molar-refractivity contribution is 5.69. The van der Waals surface area contributed by atoms with Crippen LogP contribution in [0.3, 0.4) is 0 Å². The summed E-state index contributed by atoms with van der Waals surface area (Å²) in [5.41, 5.74) is 1.16. The van der Waals surface area contributed by atoms with Crippen LogP contribution in [0.2, 0.25) is 0 Å². The Kier molecular flexibility index (Phi) is 17.7. The number of carbonyl (C=O) groups is 1. The molecule has 2 fully saturated rings. The highest BCUT2D eigenvalue weighted by Gasteiger charge is 2.24. The minimum absolute atomic E-state index is 0.0203. The molecule has 0 saturated heterocycles. The van der Waals surface area contributed by atoms with Crippen molar-refractivity contribution in [3.63, 3.8) is 0 Å². The molecule has 0 N–H and O–H groups in total. The van der Waals surface area contributed by atoms with E-state index in [2.05, 4.69) is 13.8 Å². The number of unbranched alkanes of at least 4 members (excludes halogenated alkanes) is 6. The number of hydrogen-bond donors (Lipinski definition) is 0. The van der Waals surface area contributed by atoms with Gasteiger partial charge >= 0.3 is 5.97 Å². The summed E-state index contributed by atoms with van der Waals surface area (Å²) in [4.78, 5) is 12.0. The summed E-state index contributed by atoms with van der Waals surface area (Å²) in [6, 6.07) is 9.48. The lowest BCUT2D eigenvalue weighted by atomic mass is 9.89. The van der Waals surface area contributed by atoms with E-state index < -0.39 is 11.6 Å². The molecule has 0 unspecified atom stereocenters. The number of ether oxygens (including phenoxy) is 5. The molecule has 2 saturated carbocycles. The lowest BCUT2D eigenvalue weighted by Crippen LogP contribution is -2.28. The van der Waals surface area contributed by atoms with Crippen LogP contribution in [0.25, 0.3) is 11.1 Å². The summed E-state index contributed by atoms with van der Waals surface area (Å²) < 4.78 is 58.7. The molecule has 49 heavy (non-hydrogen) atoms. The Bertz CT molecular complexity index is 1220. The topological polar surface area (TPSA) is 63.2 Å². The van der Waals surface area contributed by atoms with Crippen molar-refractivity contribution in [2.45, 2.75) is 148 Å². The largest absolute Gasteiger partial charge is 0.491 e. The second-order valence-corrected chi connectivity index (χ2v) is 14.1. The normalized spacial score (nSPS) is 21.0. The van der Waals surface area contributed by atoms with Gasteiger partial charge in [0.2, 0.25) is 0 Å². The maximum Gasteiger partial charge on any atom is 0.306 e. The average Bonchev–Trinajstić information content (AvgIpc) is 3.10. The smallest absolute Gasteiger partial charge is 0.306 e. The van der Waals surface area contributed by atoms with Crippen molar-refractivity contribution >= 4 is 5.97 Å². The van der Waals surface area contributed by atoms with Gasteiger partial charge in [-0.1, -0.05) is 45.2 Å². The van der Waals surface area contributed by atoms with Gasteiger partial charge in [-0.15, -0.1) is 0 Å². The molecule has 0 aliphatic heterocycles. The fraction of sp³-hybridized carbons (Fsp3) is 0.683. The maximum absolute atomic E-state index is 14.8. The van der Waals surface area contributed by atoms with Gasteiger partial charge in [-0.2, -0.15) is 0 Å². The summed E-state index contributed by atoms with van der Waals surface area (Å²) in [6.07, 6.45) is 18.2. The first kappa shape index (κ1) is 39.1. The lowest BCUT2D eigenvalue weighted by molar-refractivity contribution is -0.152. The monoisotopic (exact) mass is 686 g/mol. The van der Waals surface area contributed by atoms with Crippen LogP contribution in [0.5, 0.6) is 11.5 Å². The molecule has 2 aliphatic carbocycles. The van der Waals surface area contributed by atoms with E-state index in [4.69, 9.17) is 23.7 Å². The van der Waals surface area contributed by atoms with Crippen LogP contribution in [0.4, 0.5) is 8.78 Å². The molecule has 4 rings (SSSR count). The van der Waals surface area contributed by atoms with Crippen LogP contribution in [0.1, 0.15) is 129 Å². The van der Waals surface area contributed by atoms with Crippen molar-refractivity contribution in [2.75, 3.05) is 26.4 Å². The molecule has 2 aromatic rings. The van der Waals surface area contributed by atoms with Gasteiger partial charge in [0.15, 0.2) is 23.1 Å². The van der Waals surface area contributed by atoms with Gasteiger partial charge in [0, 0.05) is 19.6 Å². The summed E-state index contributed by atoms with van der Waals surface area (Å²) in [5, 5.41) is 0. The van der Waals surface area contributed by atoms with Crippen molar-refractivity contribution in [1.82, 2.24) is 0 Å². The first-order chi connectivity index (χ1) is 23.9. The fourth-order valence-corrected chi connectivity index (χ4v) is 6.70. The van der Waals surface area contributed by atoms with E-state index in [0.717, 1.165) is 96.0 Å². The van der Waals surface area contributed by atoms with E-state index in [-0.39, 0.29) is 29.7 Å². The van der Waals surface area contributed by atoms with E-state index in [1.165, 1.54) is 37.8 Å². The van der Waals surface area contributed by atoms with Gasteiger partial charge in [0.25, 0.3) is 0 Å². The zero-order chi connectivity index (χ0) is 34.7. The molecule has 6 nitrogen and oxygen atoms in total. The highest BCUT2D eigenvalue weighted by atomic mass is 19.1. The van der Waals surface area contributed by atoms with Crippen LogP contribution < -0.4 is 9.47 Å². The Balaban J connectivity index is 1.04. The zero-order valence-corrected chi connectivity index (χ0v) is 30.0. The number of carbonyl (C=O) groups excluding carboxylic acids is 1. The fourth-order valence-electron chi connectivity index (χ4n) is 6.70. The second-order valence-electron chi connectivity index (χ2n) is 14.1. The van der Waals surface area contributed by atoms with Gasteiger partial charge in [-0.25, -0.2) is 8.78 Å². The highest BCUT2D eigenvalue weighted by Crippen LogP contribution is 2.30. The van der Waals surface area contributed by atoms with Crippen molar-refractivity contribution in [2.24, 2.45) is 5.92 Å². The van der Waals surface area contributed by atoms with E-state index in [1.807, 2.05) is 0 Å². The molecule has 2 aromatic carbocycles. The summed E-state index contributed by atoms with van der Waals surface area (Å²) in [7, 11) is 0. The van der Waals surface area contributed by atoms with Gasteiger partial charge < -0.3 is 23.7 Å². The molecular weight excluding hydrogens is 626 g/mol. The Labute approximate surface area is 293 Å². The molecule has 0 aromatic heterocycles. The van der Waals surface area contributed by atoms with Crippen LogP contribution in [-0.4, -0.2) is 50.7 Å². The Morgan fingerprint density at radius 1 is 0.612 bits per heavy atom. The molecule has 0 atom stereocenters. The van der Waals surface area contributed by atoms with Crippen molar-refractivity contribution in [3.05, 3.63) is 48.0 Å². The minimum Gasteiger partial charge on any atom is -0.491 e. The Hall–Kier alpha value is -2.71. The van der Waals surface area contributed by atoms with Crippen LogP contribution >= 0.6 is 0 Å². The van der Waals surface area contributed by atoms with Gasteiger partial charge in [0.05, 0.1) is 25.4 Å². The van der Waals surface area contributed by atoms with Gasteiger partial charge in [-0.3, -0.25) is 4.79 Å². The molecule has 0 bridgehead atoms. The first-order valence-corrected chi connectivity index (χ1v) is 19.2. The third kappa shape index (κ3) is 14.6. The summed E-state index contributed by atoms with van der Waals surface area (Å²) in [6.45, 7) is 6.73. The number of hydrogen-bond acceptors (Lipinski definition) is 6. The first-order valence-electron chi connectivity index (χ1n) is 19.2. The average molecular weight is 687 g/mol. The second kappa shape index (κ2) is 22.2. The number of esters is 1. The predicted octanol–water partition coefficient (Wildman–Crippen LogP) is 10.8. The third-order valence-electron chi connectivity index (χ3n) is 9.86. The molecule has 2 aliphatic rings. The van der Waals surface area contributed by atoms with Crippen molar-refractivity contribution in [3.8, 4) is 22.6 Å². The van der Waals surface area contributed by atoms with Gasteiger partial charge in [0.1, 0.15) is 6.10 Å². The van der Waals surface area contributed by atoms with Crippen molar-refractivity contribution in [1.29, 1.82) is 0 Å². The maximum atomic E-state index is 14.8.